The number of hydrogen-bond acceptors (Lipinski definition) is 2. The monoisotopic (exact) mass is 143 g/mol. The second-order valence-corrected chi connectivity index (χ2v) is 3.28. The van der Waals surface area contributed by atoms with Crippen molar-refractivity contribution in [3.05, 3.63) is 0 Å². The molecule has 0 spiro atoms. The predicted octanol–water partition coefficient (Wildman–Crippen LogP) is 1.37. The van der Waals surface area contributed by atoms with Gasteiger partial charge >= 0.3 is 0 Å². The molecule has 1 fully saturated rings. The summed E-state index contributed by atoms with van der Waals surface area (Å²) in [5.74, 6) is 0.668. The summed E-state index contributed by atoms with van der Waals surface area (Å²) < 4.78 is 5.26. The molecule has 0 aromatic heterocycles. The molecule has 0 bridgehead atoms. The molecule has 0 aromatic rings. The minimum atomic E-state index is 0.281. The number of methoxy groups -OCH3 is 1. The first-order chi connectivity index (χ1) is 4.74. The molecule has 3 unspecified atom stereocenters. The van der Waals surface area contributed by atoms with Gasteiger partial charge in [-0.1, -0.05) is 6.92 Å². The highest BCUT2D eigenvalue weighted by atomic mass is 16.5. The zero-order valence-electron chi connectivity index (χ0n) is 7.05. The summed E-state index contributed by atoms with van der Waals surface area (Å²) >= 11 is 0. The Labute approximate surface area is 63.0 Å². The van der Waals surface area contributed by atoms with Crippen molar-refractivity contribution in [1.29, 1.82) is 0 Å². The van der Waals surface area contributed by atoms with Gasteiger partial charge in [0.15, 0.2) is 0 Å². The largest absolute Gasteiger partial charge is 0.366 e. The summed E-state index contributed by atoms with van der Waals surface area (Å²) in [5, 5.41) is 3.39. The third-order valence-corrected chi connectivity index (χ3v) is 2.27. The lowest BCUT2D eigenvalue weighted by Crippen LogP contribution is -2.46. The quantitative estimate of drug-likeness (QED) is 0.598. The van der Waals surface area contributed by atoms with E-state index < -0.39 is 0 Å². The van der Waals surface area contributed by atoms with Crippen LogP contribution in [0.1, 0.15) is 26.7 Å². The molecule has 1 aliphatic rings. The van der Waals surface area contributed by atoms with Crippen molar-refractivity contribution < 1.29 is 4.74 Å². The van der Waals surface area contributed by atoms with Crippen LogP contribution in [0, 0.1) is 5.92 Å². The third-order valence-electron chi connectivity index (χ3n) is 2.27. The van der Waals surface area contributed by atoms with Gasteiger partial charge in [0, 0.05) is 13.2 Å². The van der Waals surface area contributed by atoms with E-state index in [0.29, 0.717) is 12.0 Å². The van der Waals surface area contributed by atoms with Crippen LogP contribution in [0.25, 0.3) is 0 Å². The van der Waals surface area contributed by atoms with Gasteiger partial charge in [-0.2, -0.15) is 0 Å². The lowest BCUT2D eigenvalue weighted by molar-refractivity contribution is 0.000314. The van der Waals surface area contributed by atoms with Crippen LogP contribution in [0.4, 0.5) is 0 Å². The lowest BCUT2D eigenvalue weighted by Gasteiger charge is -2.32. The maximum Gasteiger partial charge on any atom is 0.110 e. The fourth-order valence-electron chi connectivity index (χ4n) is 1.49. The van der Waals surface area contributed by atoms with Crippen molar-refractivity contribution in [3.63, 3.8) is 0 Å². The second kappa shape index (κ2) is 3.35. The first kappa shape index (κ1) is 8.02. The van der Waals surface area contributed by atoms with E-state index in [4.69, 9.17) is 4.74 Å². The van der Waals surface area contributed by atoms with E-state index in [2.05, 4.69) is 19.2 Å². The van der Waals surface area contributed by atoms with Crippen LogP contribution in [0.15, 0.2) is 0 Å². The zero-order valence-corrected chi connectivity index (χ0v) is 7.05. The van der Waals surface area contributed by atoms with Crippen LogP contribution >= 0.6 is 0 Å². The predicted molar refractivity (Wildman–Crippen MR) is 41.8 cm³/mol. The molecule has 0 aromatic carbocycles. The minimum absolute atomic E-state index is 0.281. The van der Waals surface area contributed by atoms with Crippen LogP contribution in [0.5, 0.6) is 0 Å². The number of piperidine rings is 1. The molecule has 0 amide bonds. The van der Waals surface area contributed by atoms with E-state index in [1.54, 1.807) is 7.11 Å². The van der Waals surface area contributed by atoms with E-state index in [0.717, 1.165) is 0 Å². The minimum Gasteiger partial charge on any atom is -0.366 e. The molecule has 10 heavy (non-hydrogen) atoms. The van der Waals surface area contributed by atoms with E-state index in [-0.39, 0.29) is 6.23 Å². The summed E-state index contributed by atoms with van der Waals surface area (Å²) in [6.07, 6.45) is 2.84. The molecule has 1 heterocycles. The Balaban J connectivity index is 2.38. The van der Waals surface area contributed by atoms with Crippen molar-refractivity contribution in [2.24, 2.45) is 5.92 Å². The molecule has 1 rings (SSSR count). The zero-order chi connectivity index (χ0) is 7.56. The highest BCUT2D eigenvalue weighted by molar-refractivity contribution is 4.76. The average molecular weight is 143 g/mol. The summed E-state index contributed by atoms with van der Waals surface area (Å²) in [6.45, 7) is 4.44. The molecule has 1 aliphatic heterocycles. The van der Waals surface area contributed by atoms with Crippen LogP contribution in [-0.4, -0.2) is 19.4 Å². The van der Waals surface area contributed by atoms with Crippen LogP contribution in [0.3, 0.4) is 0 Å². The summed E-state index contributed by atoms with van der Waals surface area (Å²) in [6, 6.07) is 0.626. The molecular weight excluding hydrogens is 126 g/mol. The van der Waals surface area contributed by atoms with Gasteiger partial charge < -0.3 is 4.74 Å². The normalized spacial score (nSPS) is 41.7. The number of hydrogen-bond donors (Lipinski definition) is 1. The standard InChI is InChI=1S/C8H17NO/c1-6-4-5-7(2)9-8(6)10-3/h6-9H,4-5H2,1-3H3. The SMILES string of the molecule is COC1NC(C)CCC1C. The molecule has 0 aliphatic carbocycles. The number of nitrogens with one attached hydrogen (secondary N) is 1. The molecule has 2 nitrogen and oxygen atoms in total. The number of ether oxygens (including phenoxy) is 1. The summed E-state index contributed by atoms with van der Waals surface area (Å²) in [5.41, 5.74) is 0. The van der Waals surface area contributed by atoms with Gasteiger partial charge in [0.25, 0.3) is 0 Å². The molecule has 1 saturated heterocycles. The van der Waals surface area contributed by atoms with Gasteiger partial charge in [-0.3, -0.25) is 5.32 Å². The van der Waals surface area contributed by atoms with Gasteiger partial charge in [0.05, 0.1) is 0 Å². The van der Waals surface area contributed by atoms with E-state index >= 15 is 0 Å². The molecule has 3 atom stereocenters. The smallest absolute Gasteiger partial charge is 0.110 e. The summed E-state index contributed by atoms with van der Waals surface area (Å²) in [4.78, 5) is 0. The van der Waals surface area contributed by atoms with E-state index in [9.17, 15) is 0 Å². The van der Waals surface area contributed by atoms with Gasteiger partial charge in [0.2, 0.25) is 0 Å². The van der Waals surface area contributed by atoms with Gasteiger partial charge in [-0.25, -0.2) is 0 Å². The third kappa shape index (κ3) is 1.70. The Morgan fingerprint density at radius 2 is 2.00 bits per heavy atom. The fourth-order valence-corrected chi connectivity index (χ4v) is 1.49. The Kier molecular flexibility index (Phi) is 2.69. The van der Waals surface area contributed by atoms with Crippen molar-refractivity contribution in [2.75, 3.05) is 7.11 Å². The van der Waals surface area contributed by atoms with Gasteiger partial charge in [0.1, 0.15) is 6.23 Å². The topological polar surface area (TPSA) is 21.3 Å². The molecule has 1 N–H and O–H groups in total. The summed E-state index contributed by atoms with van der Waals surface area (Å²) in [7, 11) is 1.77. The average Bonchev–Trinajstić information content (AvgIpc) is 1.94. The van der Waals surface area contributed by atoms with Gasteiger partial charge in [-0.15, -0.1) is 0 Å². The highest BCUT2D eigenvalue weighted by Gasteiger charge is 2.23. The van der Waals surface area contributed by atoms with Crippen LogP contribution in [-0.2, 0) is 4.74 Å². The second-order valence-electron chi connectivity index (χ2n) is 3.28. The fraction of sp³-hybridized carbons (Fsp3) is 1.00. The Hall–Kier alpha value is -0.0800. The first-order valence-corrected chi connectivity index (χ1v) is 4.03. The van der Waals surface area contributed by atoms with E-state index in [1.165, 1.54) is 12.8 Å². The van der Waals surface area contributed by atoms with Gasteiger partial charge in [-0.05, 0) is 25.7 Å². The Bertz CT molecular complexity index is 105. The Morgan fingerprint density at radius 1 is 1.30 bits per heavy atom. The first-order valence-electron chi connectivity index (χ1n) is 4.03. The molecule has 0 radical (unpaired) electrons. The molecule has 60 valence electrons. The van der Waals surface area contributed by atoms with E-state index in [1.807, 2.05) is 0 Å². The maximum absolute atomic E-state index is 5.26. The van der Waals surface area contributed by atoms with Crippen molar-refractivity contribution in [1.82, 2.24) is 5.32 Å². The molecule has 2 heteroatoms. The van der Waals surface area contributed by atoms with Crippen molar-refractivity contribution in [3.8, 4) is 0 Å². The Morgan fingerprint density at radius 3 is 2.50 bits per heavy atom. The number of rotatable bonds is 1. The highest BCUT2D eigenvalue weighted by Crippen LogP contribution is 2.18. The van der Waals surface area contributed by atoms with Crippen LogP contribution < -0.4 is 5.32 Å². The lowest BCUT2D eigenvalue weighted by atomic mass is 9.95. The van der Waals surface area contributed by atoms with Crippen molar-refractivity contribution >= 4 is 0 Å². The molecule has 0 saturated carbocycles. The molecular formula is C8H17NO. The maximum atomic E-state index is 5.26. The van der Waals surface area contributed by atoms with Crippen molar-refractivity contribution in [2.45, 2.75) is 39.0 Å². The van der Waals surface area contributed by atoms with Crippen LogP contribution in [0.2, 0.25) is 0 Å².